The van der Waals surface area contributed by atoms with Crippen LogP contribution in [0.5, 0.6) is 0 Å². The fraction of sp³-hybridized carbons (Fsp3) is 0.122. The Hall–Kier alpha value is -13.9. The van der Waals surface area contributed by atoms with Crippen LogP contribution >= 0.6 is 0 Å². The normalized spacial score (nSPS) is 10.4. The number of primary amides is 4. The molecule has 0 saturated carbocycles. The molecule has 0 aliphatic carbocycles. The summed E-state index contributed by atoms with van der Waals surface area (Å²) in [6, 6.07) is 65.2. The minimum Gasteiger partial charge on any atom is -0.384 e. The molecule has 540 valence electrons. The van der Waals surface area contributed by atoms with E-state index in [1.165, 1.54) is 11.9 Å². The number of imidazole rings is 1. The Bertz CT molecular complexity index is 5290. The van der Waals surface area contributed by atoms with E-state index in [9.17, 15) is 28.8 Å². The molecular weight excluding hydrogens is 1370 g/mol. The minimum atomic E-state index is -2.61. The van der Waals surface area contributed by atoms with E-state index in [0.717, 1.165) is 123 Å². The van der Waals surface area contributed by atoms with Crippen LogP contribution in [0.1, 0.15) is 53.5 Å². The smallest absolute Gasteiger partial charge is 0.323 e. The number of rotatable bonds is 21. The van der Waals surface area contributed by atoms with Crippen molar-refractivity contribution in [1.82, 2.24) is 45.2 Å². The van der Waals surface area contributed by atoms with Crippen molar-refractivity contribution in [3.05, 3.63) is 288 Å². The van der Waals surface area contributed by atoms with Gasteiger partial charge in [-0.3, -0.25) is 39.1 Å². The summed E-state index contributed by atoms with van der Waals surface area (Å²) in [5.74, 6) is -0.899. The number of benzene rings is 7. The van der Waals surface area contributed by atoms with Gasteiger partial charge in [0.2, 0.25) is 23.6 Å². The summed E-state index contributed by atoms with van der Waals surface area (Å²) in [4.78, 5) is 98.8. The molecule has 0 fully saturated rings. The summed E-state index contributed by atoms with van der Waals surface area (Å²) in [5.41, 5.74) is 50.4. The van der Waals surface area contributed by atoms with Gasteiger partial charge in [0.1, 0.15) is 12.1 Å². The van der Waals surface area contributed by atoms with Crippen molar-refractivity contribution in [3.8, 4) is 89.3 Å². The van der Waals surface area contributed by atoms with Gasteiger partial charge in [-0.15, -0.1) is 0 Å². The van der Waals surface area contributed by atoms with Gasteiger partial charge < -0.3 is 49.3 Å². The SMILES string of the molecule is CNC(=O)Nc1cccc(-c2ccc(-c3cccnc3)cc2CCC(N)=O)c1.Cc1cccc(-c2ccc(-c3cccnc3)cc2CCC(N)=O)c1.N=S(=O)=O.NC(=O)CCc1cc(-c2ccccn2)ccc1-c1cc(N)ncn1.NC(=O)CCc1cc(-c2cccnc2)ccc1-c1ccc2[nH]c(=O)[nH]c2c1. The van der Waals surface area contributed by atoms with Crippen LogP contribution in [-0.2, 0) is 55.4 Å². The van der Waals surface area contributed by atoms with Gasteiger partial charge in [0.25, 0.3) is 0 Å². The Labute approximate surface area is 618 Å². The summed E-state index contributed by atoms with van der Waals surface area (Å²) in [5, 5.41) is 5.31. The zero-order chi connectivity index (χ0) is 76.2. The van der Waals surface area contributed by atoms with E-state index in [4.69, 9.17) is 41.9 Å². The van der Waals surface area contributed by atoms with E-state index in [1.807, 2.05) is 152 Å². The van der Waals surface area contributed by atoms with E-state index in [0.29, 0.717) is 43.6 Å². The Kier molecular flexibility index (Phi) is 27.7. The average molecular weight is 1450 g/mol. The van der Waals surface area contributed by atoms with E-state index in [2.05, 4.69) is 112 Å². The zero-order valence-electron chi connectivity index (χ0n) is 58.6. The van der Waals surface area contributed by atoms with Crippen molar-refractivity contribution in [2.75, 3.05) is 18.1 Å². The monoisotopic (exact) mass is 1450 g/mol. The van der Waals surface area contributed by atoms with Gasteiger partial charge in [0.05, 0.1) is 22.4 Å². The molecule has 25 heteroatoms. The number of H-pyrrole nitrogens is 2. The average Bonchev–Trinajstić information content (AvgIpc) is 1.38. The molecule has 0 spiro atoms. The molecule has 13 aromatic rings. The number of urea groups is 1. The number of aryl methyl sites for hydroxylation is 5. The lowest BCUT2D eigenvalue weighted by Gasteiger charge is -2.13. The first-order chi connectivity index (χ1) is 51.7. The first-order valence-electron chi connectivity index (χ1n) is 33.7. The lowest BCUT2D eigenvalue weighted by molar-refractivity contribution is -0.118. The molecule has 0 bridgehead atoms. The highest BCUT2D eigenvalue weighted by molar-refractivity contribution is 7.60. The number of nitrogens with one attached hydrogen (secondary N) is 5. The lowest BCUT2D eigenvalue weighted by atomic mass is 9.92. The van der Waals surface area contributed by atoms with Gasteiger partial charge in [0.15, 0.2) is 0 Å². The number of aromatic amines is 2. The Balaban J connectivity index is 0.000000162. The highest BCUT2D eigenvalue weighted by Crippen LogP contribution is 2.35. The second-order valence-corrected chi connectivity index (χ2v) is 24.8. The van der Waals surface area contributed by atoms with E-state index in [1.54, 1.807) is 44.1 Å². The van der Waals surface area contributed by atoms with Crippen LogP contribution in [0.15, 0.2) is 255 Å². The van der Waals surface area contributed by atoms with Crippen LogP contribution < -0.4 is 45.0 Å². The topological polar surface area (TPSA) is 423 Å². The number of nitrogen functional groups attached to an aromatic ring is 1. The number of amides is 6. The molecule has 0 aliphatic heterocycles. The maximum Gasteiger partial charge on any atom is 0.323 e. The number of fused-ring (bicyclic) bond motifs is 1. The third-order valence-corrected chi connectivity index (χ3v) is 16.7. The van der Waals surface area contributed by atoms with Crippen LogP contribution in [0.4, 0.5) is 16.3 Å². The quantitative estimate of drug-likeness (QED) is 0.0319. The lowest BCUT2D eigenvalue weighted by Crippen LogP contribution is -2.24. The van der Waals surface area contributed by atoms with Crippen LogP contribution in [0.2, 0.25) is 0 Å². The molecule has 13 rings (SSSR count). The molecule has 15 N–H and O–H groups in total. The van der Waals surface area contributed by atoms with Crippen LogP contribution in [0, 0.1) is 11.7 Å². The van der Waals surface area contributed by atoms with Crippen molar-refractivity contribution in [1.29, 1.82) is 4.78 Å². The molecule has 107 heavy (non-hydrogen) atoms. The molecule has 6 amide bonds. The molecule has 0 saturated heterocycles. The third kappa shape index (κ3) is 23.3. The summed E-state index contributed by atoms with van der Waals surface area (Å²) < 4.78 is 22.8. The largest absolute Gasteiger partial charge is 0.384 e. The second-order valence-electron chi connectivity index (χ2n) is 24.3. The molecule has 6 heterocycles. The van der Waals surface area contributed by atoms with E-state index < -0.39 is 10.5 Å². The number of hydrogen-bond donors (Lipinski definition) is 10. The fourth-order valence-electron chi connectivity index (χ4n) is 11.7. The number of pyridine rings is 4. The molecule has 6 aromatic heterocycles. The maximum absolute atomic E-state index is 11.6. The number of carbonyl (C=O) groups excluding carboxylic acids is 5. The van der Waals surface area contributed by atoms with Crippen molar-refractivity contribution in [2.45, 2.75) is 58.3 Å². The molecule has 0 atom stereocenters. The van der Waals surface area contributed by atoms with Gasteiger partial charge in [-0.25, -0.2) is 19.6 Å². The van der Waals surface area contributed by atoms with E-state index in [-0.39, 0.29) is 54.6 Å². The fourth-order valence-corrected chi connectivity index (χ4v) is 11.7. The number of hydrogen-bond acceptors (Lipinski definition) is 16. The van der Waals surface area contributed by atoms with Crippen molar-refractivity contribution < 1.29 is 32.4 Å². The van der Waals surface area contributed by atoms with Gasteiger partial charge in [-0.2, -0.15) is 13.2 Å². The van der Waals surface area contributed by atoms with Crippen molar-refractivity contribution in [2.24, 2.45) is 22.9 Å². The standard InChI is InChI=1S/C22H22N4O2.C21H18N4O2.C21H20N2O.C18H17N5O.HNO2S/c1-24-22(28)26-19-6-2-4-16(13-19)20-9-7-15(18-5-3-11-25-14-18)12-17(20)8-10-21(23)27;22-20(26)8-5-14-10-13(16-2-1-9-23-12-16)3-6-17(14)15-4-7-18-19(11-15)25-21(27)24-18;1-15-4-2-5-17(12-15)20-9-7-16(19-6-3-11-23-14-19)13-18(20)8-10-21(22)24;19-17-10-16(22-11-23-17)14-6-4-13(15-3-1-2-8-21-15)9-12(14)5-7-18(20)24;1-4(2)3/h2-7,9,11-14H,8,10H2,1H3,(H2,23,27)(H2,24,26,28);1-4,6-7,9-12H,5,8H2,(H2,22,26)(H2,24,25,27);2-7,9,11-14H,8,10H2,1H3,(H2,22,24);1-4,6,8-11H,5,7H2,(H2,20,24)(H2,19,22,23);1H. The molecule has 24 nitrogen and oxygen atoms in total. The molecular formula is C82H78N16O8S. The van der Waals surface area contributed by atoms with Gasteiger partial charge in [0, 0.05) is 99.0 Å². The molecule has 0 unspecified atom stereocenters. The first kappa shape index (κ1) is 77.2. The highest BCUT2D eigenvalue weighted by atomic mass is 32.2. The predicted octanol–water partition coefficient (Wildman–Crippen LogP) is 12.6. The summed E-state index contributed by atoms with van der Waals surface area (Å²) >= 11 is 0. The van der Waals surface area contributed by atoms with E-state index >= 15 is 0 Å². The maximum atomic E-state index is 11.6. The number of nitrogens with two attached hydrogens (primary N) is 5. The summed E-state index contributed by atoms with van der Waals surface area (Å²) in [7, 11) is -1.04. The molecule has 7 aromatic carbocycles. The molecule has 0 radical (unpaired) electrons. The zero-order valence-corrected chi connectivity index (χ0v) is 59.4. The van der Waals surface area contributed by atoms with Gasteiger partial charge in [-0.05, 0) is 182 Å². The van der Waals surface area contributed by atoms with Crippen LogP contribution in [0.3, 0.4) is 0 Å². The number of anilines is 2. The number of carbonyl (C=O) groups is 5. The molecule has 0 aliphatic rings. The third-order valence-electron chi connectivity index (χ3n) is 16.7. The van der Waals surface area contributed by atoms with Gasteiger partial charge >= 0.3 is 22.2 Å². The number of aromatic nitrogens is 8. The summed E-state index contributed by atoms with van der Waals surface area (Å²) in [6.45, 7) is 2.08. The van der Waals surface area contributed by atoms with Crippen LogP contribution in [0.25, 0.3) is 100 Å². The Morgan fingerprint density at radius 1 is 0.421 bits per heavy atom. The Morgan fingerprint density at radius 2 is 0.850 bits per heavy atom. The summed E-state index contributed by atoms with van der Waals surface area (Å²) in [6.07, 6.45) is 17.2. The Morgan fingerprint density at radius 3 is 1.30 bits per heavy atom. The van der Waals surface area contributed by atoms with Crippen molar-refractivity contribution >= 4 is 62.7 Å². The predicted molar refractivity (Wildman–Crippen MR) is 417 cm³/mol. The first-order valence-corrected chi connectivity index (χ1v) is 34.8. The second kappa shape index (κ2) is 38.4. The van der Waals surface area contributed by atoms with Gasteiger partial charge in [-0.1, -0.05) is 139 Å². The minimum absolute atomic E-state index is 0.233. The highest BCUT2D eigenvalue weighted by Gasteiger charge is 2.16. The van der Waals surface area contributed by atoms with Crippen LogP contribution in [-0.4, -0.2) is 85.0 Å². The van der Waals surface area contributed by atoms with Crippen molar-refractivity contribution in [3.63, 3.8) is 0 Å². The number of nitrogens with zero attached hydrogens (tertiary/aromatic N) is 6.